The molecule has 1 N–H and O–H groups in total. The first-order chi connectivity index (χ1) is 9.74. The Morgan fingerprint density at radius 1 is 1.25 bits per heavy atom. The molecule has 0 fully saturated rings. The maximum Gasteiger partial charge on any atom is 0.249 e. The highest BCUT2D eigenvalue weighted by atomic mass is 16.6. The lowest BCUT2D eigenvalue weighted by molar-refractivity contribution is -0.119. The molecule has 0 aliphatic carbocycles. The molecule has 0 spiro atoms. The number of anilines is 2. The van der Waals surface area contributed by atoms with Gasteiger partial charge in [0.1, 0.15) is 19.3 Å². The van der Waals surface area contributed by atoms with E-state index >= 15 is 0 Å². The van der Waals surface area contributed by atoms with E-state index < -0.39 is 0 Å². The molecule has 108 valence electrons. The zero-order valence-corrected chi connectivity index (χ0v) is 11.9. The quantitative estimate of drug-likeness (QED) is 0.921. The van der Waals surface area contributed by atoms with E-state index in [9.17, 15) is 4.79 Å². The summed E-state index contributed by atoms with van der Waals surface area (Å²) < 4.78 is 11.2. The van der Waals surface area contributed by atoms with E-state index in [2.05, 4.69) is 12.2 Å². The summed E-state index contributed by atoms with van der Waals surface area (Å²) in [5, 5.41) is 3.31. The van der Waals surface area contributed by atoms with Crippen LogP contribution in [-0.2, 0) is 4.79 Å². The van der Waals surface area contributed by atoms with E-state index in [0.29, 0.717) is 13.2 Å². The molecule has 0 aromatic heterocycles. The van der Waals surface area contributed by atoms with Crippen LogP contribution in [0, 0.1) is 0 Å². The Morgan fingerprint density at radius 2 is 1.95 bits per heavy atom. The SMILES string of the molecule is CCCN1C(=O)C(CC)Nc2cc3c(cc21)OCCO3. The Hall–Kier alpha value is -1.91. The van der Waals surface area contributed by atoms with Gasteiger partial charge in [-0.15, -0.1) is 0 Å². The number of amides is 1. The Kier molecular flexibility index (Phi) is 3.42. The van der Waals surface area contributed by atoms with Crippen LogP contribution in [0.4, 0.5) is 11.4 Å². The monoisotopic (exact) mass is 276 g/mol. The minimum absolute atomic E-state index is 0.138. The van der Waals surface area contributed by atoms with E-state index in [4.69, 9.17) is 9.47 Å². The molecule has 1 atom stereocenters. The van der Waals surface area contributed by atoms with Gasteiger partial charge in [-0.1, -0.05) is 13.8 Å². The average molecular weight is 276 g/mol. The second-order valence-electron chi connectivity index (χ2n) is 5.11. The van der Waals surface area contributed by atoms with Crippen LogP contribution in [0.25, 0.3) is 0 Å². The summed E-state index contributed by atoms with van der Waals surface area (Å²) in [6.45, 7) is 5.94. The lowest BCUT2D eigenvalue weighted by Gasteiger charge is -2.36. The third-order valence-electron chi connectivity index (χ3n) is 3.70. The summed E-state index contributed by atoms with van der Waals surface area (Å²) in [6.07, 6.45) is 1.70. The molecule has 0 saturated heterocycles. The topological polar surface area (TPSA) is 50.8 Å². The van der Waals surface area contributed by atoms with Crippen LogP contribution in [0.15, 0.2) is 12.1 Å². The third-order valence-corrected chi connectivity index (χ3v) is 3.70. The van der Waals surface area contributed by atoms with Crippen LogP contribution < -0.4 is 19.7 Å². The van der Waals surface area contributed by atoms with Crippen LogP contribution in [0.2, 0.25) is 0 Å². The minimum atomic E-state index is -0.156. The van der Waals surface area contributed by atoms with Gasteiger partial charge in [0.05, 0.1) is 11.4 Å². The fourth-order valence-electron chi connectivity index (χ4n) is 2.70. The number of hydrogen-bond acceptors (Lipinski definition) is 4. The fourth-order valence-corrected chi connectivity index (χ4v) is 2.70. The van der Waals surface area contributed by atoms with Crippen molar-refractivity contribution in [1.82, 2.24) is 0 Å². The van der Waals surface area contributed by atoms with Gasteiger partial charge >= 0.3 is 0 Å². The summed E-state index contributed by atoms with van der Waals surface area (Å²) in [7, 11) is 0. The lowest BCUT2D eigenvalue weighted by Crippen LogP contribution is -2.47. The van der Waals surface area contributed by atoms with Crippen molar-refractivity contribution in [2.75, 3.05) is 30.0 Å². The highest BCUT2D eigenvalue weighted by molar-refractivity contribution is 6.05. The van der Waals surface area contributed by atoms with Crippen molar-refractivity contribution in [3.8, 4) is 11.5 Å². The molecule has 1 amide bonds. The standard InChI is InChI=1S/C15H20N2O3/c1-3-5-17-12-9-14-13(19-6-7-20-14)8-11(12)16-10(4-2)15(17)18/h8-10,16H,3-7H2,1-2H3. The van der Waals surface area contributed by atoms with Crippen LogP contribution >= 0.6 is 0 Å². The predicted molar refractivity (Wildman–Crippen MR) is 77.8 cm³/mol. The van der Waals surface area contributed by atoms with Gasteiger partial charge in [-0.2, -0.15) is 0 Å². The first-order valence-electron chi connectivity index (χ1n) is 7.26. The Labute approximate surface area is 118 Å². The maximum absolute atomic E-state index is 12.5. The molecule has 5 nitrogen and oxygen atoms in total. The Balaban J connectivity index is 2.04. The van der Waals surface area contributed by atoms with E-state index in [0.717, 1.165) is 42.3 Å². The second-order valence-corrected chi connectivity index (χ2v) is 5.11. The summed E-state index contributed by atoms with van der Waals surface area (Å²) in [5.41, 5.74) is 1.85. The van der Waals surface area contributed by atoms with Gasteiger partial charge < -0.3 is 19.7 Å². The average Bonchev–Trinajstić information content (AvgIpc) is 2.48. The van der Waals surface area contributed by atoms with Crippen LogP contribution in [0.5, 0.6) is 11.5 Å². The van der Waals surface area contributed by atoms with Crippen molar-refractivity contribution in [3.05, 3.63) is 12.1 Å². The number of hydrogen-bond donors (Lipinski definition) is 1. The highest BCUT2D eigenvalue weighted by Gasteiger charge is 2.32. The zero-order valence-electron chi connectivity index (χ0n) is 11.9. The molecular weight excluding hydrogens is 256 g/mol. The zero-order chi connectivity index (χ0) is 14.1. The number of ether oxygens (including phenoxy) is 2. The molecule has 1 aromatic rings. The van der Waals surface area contributed by atoms with Crippen molar-refractivity contribution in [3.63, 3.8) is 0 Å². The van der Waals surface area contributed by atoms with E-state index in [1.807, 2.05) is 24.0 Å². The molecule has 3 rings (SSSR count). The van der Waals surface area contributed by atoms with Crippen LogP contribution in [0.1, 0.15) is 26.7 Å². The van der Waals surface area contributed by atoms with Crippen molar-refractivity contribution in [2.45, 2.75) is 32.7 Å². The molecule has 20 heavy (non-hydrogen) atoms. The molecule has 1 unspecified atom stereocenters. The molecule has 1 aromatic carbocycles. The molecule has 0 saturated carbocycles. The number of benzene rings is 1. The van der Waals surface area contributed by atoms with E-state index in [1.54, 1.807) is 0 Å². The summed E-state index contributed by atoms with van der Waals surface area (Å²) in [4.78, 5) is 14.3. The van der Waals surface area contributed by atoms with Crippen molar-refractivity contribution in [2.24, 2.45) is 0 Å². The Morgan fingerprint density at radius 3 is 2.60 bits per heavy atom. The largest absolute Gasteiger partial charge is 0.486 e. The first-order valence-corrected chi connectivity index (χ1v) is 7.26. The number of rotatable bonds is 3. The first kappa shape index (κ1) is 13.1. The molecule has 0 radical (unpaired) electrons. The summed E-state index contributed by atoms with van der Waals surface area (Å²) >= 11 is 0. The number of carbonyl (C=O) groups excluding carboxylic acids is 1. The molecule has 2 aliphatic heterocycles. The highest BCUT2D eigenvalue weighted by Crippen LogP contribution is 2.42. The van der Waals surface area contributed by atoms with Crippen molar-refractivity contribution >= 4 is 17.3 Å². The van der Waals surface area contributed by atoms with Crippen molar-refractivity contribution < 1.29 is 14.3 Å². The summed E-state index contributed by atoms with van der Waals surface area (Å²) in [6, 6.07) is 3.70. The maximum atomic E-state index is 12.5. The lowest BCUT2D eigenvalue weighted by atomic mass is 10.1. The predicted octanol–water partition coefficient (Wildman–Crippen LogP) is 2.40. The van der Waals surface area contributed by atoms with Gasteiger partial charge in [0.25, 0.3) is 0 Å². The smallest absolute Gasteiger partial charge is 0.249 e. The van der Waals surface area contributed by atoms with Crippen molar-refractivity contribution in [1.29, 1.82) is 0 Å². The van der Waals surface area contributed by atoms with Gasteiger partial charge in [-0.3, -0.25) is 4.79 Å². The normalized spacial score (nSPS) is 20.4. The molecule has 0 bridgehead atoms. The van der Waals surface area contributed by atoms with Crippen LogP contribution in [-0.4, -0.2) is 31.7 Å². The number of nitrogens with zero attached hydrogens (tertiary/aromatic N) is 1. The fraction of sp³-hybridized carbons (Fsp3) is 0.533. The molecule has 2 aliphatic rings. The van der Waals surface area contributed by atoms with E-state index in [1.165, 1.54) is 0 Å². The summed E-state index contributed by atoms with van der Waals surface area (Å²) in [5.74, 6) is 1.61. The van der Waals surface area contributed by atoms with Gasteiger partial charge in [-0.25, -0.2) is 0 Å². The van der Waals surface area contributed by atoms with Gasteiger partial charge in [0.15, 0.2) is 11.5 Å². The Bertz CT molecular complexity index is 530. The number of nitrogens with one attached hydrogen (secondary N) is 1. The van der Waals surface area contributed by atoms with Crippen LogP contribution in [0.3, 0.4) is 0 Å². The van der Waals surface area contributed by atoms with E-state index in [-0.39, 0.29) is 11.9 Å². The van der Waals surface area contributed by atoms with Gasteiger partial charge in [0, 0.05) is 18.7 Å². The van der Waals surface area contributed by atoms with Gasteiger partial charge in [0.2, 0.25) is 5.91 Å². The molecule has 2 heterocycles. The molecule has 5 heteroatoms. The number of fused-ring (bicyclic) bond motifs is 2. The molecular formula is C15H20N2O3. The van der Waals surface area contributed by atoms with Gasteiger partial charge in [-0.05, 0) is 12.8 Å². The minimum Gasteiger partial charge on any atom is -0.486 e. The number of carbonyl (C=O) groups is 1. The third kappa shape index (κ3) is 2.07. The second kappa shape index (κ2) is 5.23.